The van der Waals surface area contributed by atoms with Crippen LogP contribution in [0.25, 0.3) is 17.1 Å². The molecule has 1 atom stereocenters. The van der Waals surface area contributed by atoms with Gasteiger partial charge in [0.1, 0.15) is 11.4 Å². The van der Waals surface area contributed by atoms with Crippen LogP contribution in [0.4, 0.5) is 4.79 Å². The number of aromatic nitrogens is 2. The number of rotatable bonds is 6. The van der Waals surface area contributed by atoms with Crippen LogP contribution in [0.3, 0.4) is 0 Å². The van der Waals surface area contributed by atoms with Crippen molar-refractivity contribution < 1.29 is 9.53 Å². The lowest BCUT2D eigenvalue weighted by Crippen LogP contribution is -2.35. The van der Waals surface area contributed by atoms with Crippen LogP contribution in [0.2, 0.25) is 0 Å². The van der Waals surface area contributed by atoms with Gasteiger partial charge in [0.2, 0.25) is 0 Å². The fourth-order valence-electron chi connectivity index (χ4n) is 2.75. The summed E-state index contributed by atoms with van der Waals surface area (Å²) in [5.41, 5.74) is 2.46. The molecule has 2 rings (SSSR count). The fraction of sp³-hybridized carbons (Fsp3) is 0.500. The number of fused-ring (bicyclic) bond motifs is 1. The Kier molecular flexibility index (Phi) is 5.88. The molecule has 5 heteroatoms. The highest BCUT2D eigenvalue weighted by atomic mass is 16.6. The van der Waals surface area contributed by atoms with Crippen molar-refractivity contribution in [3.63, 3.8) is 0 Å². The quantitative estimate of drug-likeness (QED) is 0.787. The molecule has 1 unspecified atom stereocenters. The van der Waals surface area contributed by atoms with Gasteiger partial charge in [0.15, 0.2) is 0 Å². The van der Waals surface area contributed by atoms with E-state index in [1.165, 1.54) is 0 Å². The predicted molar refractivity (Wildman–Crippen MR) is 103 cm³/mol. The number of benzene rings is 1. The van der Waals surface area contributed by atoms with E-state index in [1.54, 1.807) is 0 Å². The second-order valence-corrected chi connectivity index (χ2v) is 7.81. The fourth-order valence-corrected chi connectivity index (χ4v) is 2.75. The summed E-state index contributed by atoms with van der Waals surface area (Å²) in [5, 5.41) is 2.87. The van der Waals surface area contributed by atoms with Crippen LogP contribution in [0, 0.1) is 5.92 Å². The first-order valence-electron chi connectivity index (χ1n) is 8.77. The second-order valence-electron chi connectivity index (χ2n) is 7.81. The van der Waals surface area contributed by atoms with E-state index < -0.39 is 11.7 Å². The largest absolute Gasteiger partial charge is 0.444 e. The monoisotopic (exact) mass is 343 g/mol. The number of ether oxygens (including phenoxy) is 1. The van der Waals surface area contributed by atoms with E-state index in [-0.39, 0.29) is 5.92 Å². The maximum atomic E-state index is 12.0. The summed E-state index contributed by atoms with van der Waals surface area (Å²) in [4.78, 5) is 20.1. The average Bonchev–Trinajstić information content (AvgIpc) is 2.92. The number of imidazole rings is 1. The molecule has 0 fully saturated rings. The van der Waals surface area contributed by atoms with E-state index in [0.29, 0.717) is 12.5 Å². The van der Waals surface area contributed by atoms with Gasteiger partial charge < -0.3 is 15.0 Å². The van der Waals surface area contributed by atoms with Crippen LogP contribution in [0.1, 0.15) is 58.3 Å². The van der Waals surface area contributed by atoms with E-state index >= 15 is 0 Å². The lowest BCUT2D eigenvalue weighted by molar-refractivity contribution is 0.0523. The Balaban J connectivity index is 2.16. The molecule has 0 aliphatic carbocycles. The van der Waals surface area contributed by atoms with Crippen molar-refractivity contribution in [2.75, 3.05) is 6.54 Å². The van der Waals surface area contributed by atoms with Gasteiger partial charge in [-0.3, -0.25) is 0 Å². The van der Waals surface area contributed by atoms with Crippen LogP contribution in [0.15, 0.2) is 24.8 Å². The number of amides is 1. The van der Waals surface area contributed by atoms with Gasteiger partial charge in [-0.25, -0.2) is 9.78 Å². The summed E-state index contributed by atoms with van der Waals surface area (Å²) in [6.45, 7) is 14.2. The molecule has 0 saturated carbocycles. The molecule has 0 radical (unpaired) electrons. The highest BCUT2D eigenvalue weighted by Gasteiger charge is 2.21. The van der Waals surface area contributed by atoms with Gasteiger partial charge in [-0.1, -0.05) is 32.6 Å². The zero-order chi connectivity index (χ0) is 18.6. The van der Waals surface area contributed by atoms with Crippen molar-refractivity contribution in [2.24, 2.45) is 5.92 Å². The van der Waals surface area contributed by atoms with Crippen LogP contribution >= 0.6 is 0 Å². The van der Waals surface area contributed by atoms with Gasteiger partial charge in [0, 0.05) is 12.5 Å². The van der Waals surface area contributed by atoms with Crippen LogP contribution in [-0.2, 0) is 4.74 Å². The Hall–Kier alpha value is -2.30. The summed E-state index contributed by atoms with van der Waals surface area (Å²) < 4.78 is 5.33. The molecule has 1 amide bonds. The normalized spacial score (nSPS) is 13.0. The summed E-state index contributed by atoms with van der Waals surface area (Å²) in [6, 6.07) is 6.02. The topological polar surface area (TPSA) is 67.0 Å². The summed E-state index contributed by atoms with van der Waals surface area (Å²) in [6.07, 6.45) is 2.34. The van der Waals surface area contributed by atoms with Gasteiger partial charge in [-0.2, -0.15) is 0 Å². The van der Waals surface area contributed by atoms with Gasteiger partial charge in [-0.15, -0.1) is 0 Å². The minimum absolute atomic E-state index is 0.104. The van der Waals surface area contributed by atoms with Gasteiger partial charge in [-0.05, 0) is 50.8 Å². The Morgan fingerprint density at radius 1 is 1.40 bits per heavy atom. The van der Waals surface area contributed by atoms with Crippen LogP contribution < -0.4 is 5.32 Å². The molecule has 2 aromatic rings. The van der Waals surface area contributed by atoms with Crippen molar-refractivity contribution in [1.82, 2.24) is 15.3 Å². The number of nitrogens with one attached hydrogen (secondary N) is 2. The van der Waals surface area contributed by atoms with Crippen LogP contribution in [-0.4, -0.2) is 28.2 Å². The summed E-state index contributed by atoms with van der Waals surface area (Å²) >= 11 is 0. The summed E-state index contributed by atoms with van der Waals surface area (Å²) in [5.74, 6) is 1.48. The zero-order valence-corrected chi connectivity index (χ0v) is 15.8. The van der Waals surface area contributed by atoms with Crippen molar-refractivity contribution in [3.05, 3.63) is 36.2 Å². The molecule has 1 heterocycles. The molecule has 0 spiro atoms. The molecule has 0 aliphatic heterocycles. The number of hydrogen-bond donors (Lipinski definition) is 2. The SMILES string of the molecule is C=Cc1ccc2nc(C(CNC(=O)OC(C)(C)C)CC(C)C)[nH]c2c1. The van der Waals surface area contributed by atoms with E-state index in [1.807, 2.05) is 45.0 Å². The van der Waals surface area contributed by atoms with E-state index in [0.717, 1.165) is 28.8 Å². The van der Waals surface area contributed by atoms with Crippen molar-refractivity contribution >= 4 is 23.2 Å². The molecule has 0 aliphatic rings. The zero-order valence-electron chi connectivity index (χ0n) is 15.8. The highest BCUT2D eigenvalue weighted by Crippen LogP contribution is 2.24. The first-order chi connectivity index (χ1) is 11.7. The average molecular weight is 343 g/mol. The van der Waals surface area contributed by atoms with E-state index in [9.17, 15) is 4.79 Å². The third kappa shape index (κ3) is 5.62. The number of H-pyrrole nitrogens is 1. The second kappa shape index (κ2) is 7.72. The van der Waals surface area contributed by atoms with Crippen molar-refractivity contribution in [3.8, 4) is 0 Å². The standard InChI is InChI=1S/C20H29N3O2/c1-7-14-8-9-16-17(11-14)23-18(22-16)15(10-13(2)3)12-21-19(24)25-20(4,5)6/h7-9,11,13,15H,1,10,12H2,2-6H3,(H,21,24)(H,22,23). The molecule has 0 bridgehead atoms. The molecule has 2 N–H and O–H groups in total. The number of alkyl carbamates (subject to hydrolysis) is 1. The number of aromatic amines is 1. The van der Waals surface area contributed by atoms with E-state index in [2.05, 4.69) is 30.7 Å². The Morgan fingerprint density at radius 3 is 2.72 bits per heavy atom. The smallest absolute Gasteiger partial charge is 0.407 e. The maximum Gasteiger partial charge on any atom is 0.407 e. The highest BCUT2D eigenvalue weighted by molar-refractivity contribution is 5.78. The molecule has 0 saturated heterocycles. The van der Waals surface area contributed by atoms with Crippen molar-refractivity contribution in [2.45, 2.75) is 52.6 Å². The molecule has 136 valence electrons. The molecule has 5 nitrogen and oxygen atoms in total. The number of carbonyl (C=O) groups is 1. The molecule has 1 aromatic heterocycles. The van der Waals surface area contributed by atoms with Crippen molar-refractivity contribution in [1.29, 1.82) is 0 Å². The number of nitrogens with zero attached hydrogens (tertiary/aromatic N) is 1. The molecule has 25 heavy (non-hydrogen) atoms. The first-order valence-corrected chi connectivity index (χ1v) is 8.77. The molecule has 1 aromatic carbocycles. The first kappa shape index (κ1) is 19.0. The van der Waals surface area contributed by atoms with Gasteiger partial charge in [0.05, 0.1) is 11.0 Å². The number of hydrogen-bond acceptors (Lipinski definition) is 3. The summed E-state index contributed by atoms with van der Waals surface area (Å²) in [7, 11) is 0. The number of carbonyl (C=O) groups excluding carboxylic acids is 1. The third-order valence-electron chi connectivity index (χ3n) is 3.79. The minimum Gasteiger partial charge on any atom is -0.444 e. The van der Waals surface area contributed by atoms with E-state index in [4.69, 9.17) is 9.72 Å². The predicted octanol–water partition coefficient (Wildman–Crippen LogP) is 4.86. The Labute approximate surface area is 149 Å². The molecular formula is C20H29N3O2. The van der Waals surface area contributed by atoms with Gasteiger partial charge in [0.25, 0.3) is 0 Å². The van der Waals surface area contributed by atoms with Gasteiger partial charge >= 0.3 is 6.09 Å². The third-order valence-corrected chi connectivity index (χ3v) is 3.79. The molecular weight excluding hydrogens is 314 g/mol. The lowest BCUT2D eigenvalue weighted by atomic mass is 9.96. The minimum atomic E-state index is -0.502. The Bertz CT molecular complexity index is 741. The van der Waals surface area contributed by atoms with Crippen LogP contribution in [0.5, 0.6) is 0 Å². The maximum absolute atomic E-state index is 12.0. The lowest BCUT2D eigenvalue weighted by Gasteiger charge is -2.22. The Morgan fingerprint density at radius 2 is 2.12 bits per heavy atom.